The Morgan fingerprint density at radius 2 is 0.497 bits per heavy atom. The molecule has 2 aromatic heterocycles. The zero-order valence-electron chi connectivity index (χ0n) is 83.9. The molecule has 7 heteroatoms. The minimum absolute atomic E-state index is 0.142. The van der Waals surface area contributed by atoms with Crippen molar-refractivity contribution < 1.29 is 0 Å². The van der Waals surface area contributed by atoms with Gasteiger partial charge in [-0.3, -0.25) is 0 Å². The van der Waals surface area contributed by atoms with E-state index in [-0.39, 0.29) is 21.7 Å². The number of aromatic nitrogens is 2. The molecule has 0 saturated heterocycles. The van der Waals surface area contributed by atoms with E-state index >= 15 is 0 Å². The van der Waals surface area contributed by atoms with Gasteiger partial charge in [-0.1, -0.05) is 380 Å². The van der Waals surface area contributed by atoms with Gasteiger partial charge in [-0.15, -0.1) is 0 Å². The van der Waals surface area contributed by atoms with Gasteiger partial charge in [0.15, 0.2) is 5.69 Å². The lowest BCUT2D eigenvalue weighted by Gasteiger charge is -2.46. The zero-order valence-corrected chi connectivity index (χ0v) is 83.9. The summed E-state index contributed by atoms with van der Waals surface area (Å²) in [6.07, 6.45) is 0. The van der Waals surface area contributed by atoms with Crippen LogP contribution >= 0.6 is 0 Å². The average Bonchev–Trinajstić information content (AvgIpc) is 1.27. The Labute approximate surface area is 851 Å². The van der Waals surface area contributed by atoms with Gasteiger partial charge in [-0.2, -0.15) is 5.26 Å². The van der Waals surface area contributed by atoms with Gasteiger partial charge in [0.1, 0.15) is 0 Å². The Kier molecular flexibility index (Phi) is 22.0. The van der Waals surface area contributed by atoms with Crippen LogP contribution in [0.5, 0.6) is 0 Å². The number of benzene rings is 20. The Morgan fingerprint density at radius 1 is 0.234 bits per heavy atom. The van der Waals surface area contributed by atoms with Gasteiger partial charge in [0.25, 0.3) is 6.71 Å². The van der Waals surface area contributed by atoms with E-state index in [1.54, 1.807) is 0 Å². The van der Waals surface area contributed by atoms with Crippen LogP contribution in [-0.2, 0) is 21.7 Å². The second-order valence-corrected chi connectivity index (χ2v) is 43.5. The van der Waals surface area contributed by atoms with Crippen LogP contribution in [-0.4, -0.2) is 15.8 Å². The number of nitrogens with zero attached hydrogens (tertiary/aromatic N) is 6. The second kappa shape index (κ2) is 35.4. The standard InChI is InChI=1S/C138H109BN6/c1-135(2,3)107-57-67-124-118(81-107)119-82-108(136(4,5)6)58-68-125(119)142(124)112-63-65-122-128(85-112)144(133-114(100-47-29-43-96(71-100)89-33-19-14-20-34-89)75-104(94-53-51-88(87-140)52-54-94)76-115(133)101-48-30-44-97(72-101)90-35-21-15-22-36-90)130-79-106(93-41-27-18-28-42-93)80-131-132(130)139(122)123-66-64-113(143-126-69-59-109(137(7,8)9)83-120(126)121-84-110(138(10,11)12)60-70-127(121)143)86-129(123)145(131)134-116(102-49-31-45-98(73-102)91-37-23-16-24-38-91)77-105(95-55-61-111(141-13)62-56-95)78-117(134)103-50-32-46-99(74-103)92-39-25-17-26-40-92/h14-86H,1-12H3. The molecule has 24 rings (SSSR count). The zero-order chi connectivity index (χ0) is 99.1. The summed E-state index contributed by atoms with van der Waals surface area (Å²) in [4.78, 5) is 9.43. The van der Waals surface area contributed by atoms with Crippen LogP contribution < -0.4 is 26.2 Å². The van der Waals surface area contributed by atoms with Crippen molar-refractivity contribution in [1.29, 1.82) is 5.26 Å². The highest BCUT2D eigenvalue weighted by Gasteiger charge is 2.47. The molecule has 6 nitrogen and oxygen atoms in total. The third-order valence-electron chi connectivity index (χ3n) is 30.1. The number of rotatable bonds is 15. The fourth-order valence-electron chi connectivity index (χ4n) is 22.4. The third kappa shape index (κ3) is 16.2. The number of fused-ring (bicyclic) bond motifs is 10. The Morgan fingerprint density at radius 3 is 0.779 bits per heavy atom. The van der Waals surface area contributed by atoms with Gasteiger partial charge >= 0.3 is 0 Å². The van der Waals surface area contributed by atoms with Crippen molar-refractivity contribution in [3.63, 3.8) is 0 Å². The molecule has 0 spiro atoms. The first kappa shape index (κ1) is 90.2. The highest BCUT2D eigenvalue weighted by atomic mass is 15.2. The molecule has 0 atom stereocenters. The van der Waals surface area contributed by atoms with Crippen LogP contribution in [0, 0.1) is 17.9 Å². The molecule has 0 aliphatic carbocycles. The summed E-state index contributed by atoms with van der Waals surface area (Å²) in [7, 11) is 0. The summed E-state index contributed by atoms with van der Waals surface area (Å²) in [5.74, 6) is 0. The predicted molar refractivity (Wildman–Crippen MR) is 615 cm³/mol. The Balaban J connectivity index is 0.903. The van der Waals surface area contributed by atoms with E-state index in [4.69, 9.17) is 6.57 Å². The summed E-state index contributed by atoms with van der Waals surface area (Å²) in [6.45, 7) is 35.8. The van der Waals surface area contributed by atoms with Crippen LogP contribution in [0.3, 0.4) is 0 Å². The number of hydrogen-bond acceptors (Lipinski definition) is 3. The molecule has 20 aromatic carbocycles. The SMILES string of the molecule is [C-]#[N+]c1ccc(-c2cc(-c3cccc(-c4ccccc4)c3)c(N3c4cc(-n5c6ccc(C(C)(C)C)cc6c6cc(C(C)(C)C)ccc65)ccc4B4c5ccc(-n6c7ccc(C(C)(C)C)cc7c7cc(C(C)(C)C)ccc76)cc5N(c5c(-c6cccc(-c7ccccc7)c6)cc(-c6ccc(C#N)cc6)cc5-c5cccc(-c6ccccc6)c5)c5cc(-c6ccccc6)cc3c54)c(-c3cccc(-c4ccccc4)c3)c2)cc1. The molecule has 0 fully saturated rings. The molecular formula is C138H109BN6. The smallest absolute Gasteiger partial charge is 0.252 e. The van der Waals surface area contributed by atoms with Crippen molar-refractivity contribution in [2.24, 2.45) is 0 Å². The maximum Gasteiger partial charge on any atom is 0.252 e. The number of hydrogen-bond donors (Lipinski definition) is 0. The Bertz CT molecular complexity index is 8160. The number of nitriles is 1. The second-order valence-electron chi connectivity index (χ2n) is 43.5. The maximum absolute atomic E-state index is 10.6. The maximum atomic E-state index is 10.6. The molecule has 0 saturated carbocycles. The predicted octanol–water partition coefficient (Wildman–Crippen LogP) is 35.9. The lowest BCUT2D eigenvalue weighted by atomic mass is 9.33. The topological polar surface area (TPSA) is 44.5 Å². The van der Waals surface area contributed by atoms with Crippen molar-refractivity contribution in [3.8, 4) is 140 Å². The molecule has 2 aliphatic heterocycles. The summed E-state index contributed by atoms with van der Waals surface area (Å²) < 4.78 is 5.11. The monoisotopic (exact) mass is 1860 g/mol. The molecule has 0 radical (unpaired) electrons. The molecule has 2 aliphatic rings. The van der Waals surface area contributed by atoms with Gasteiger partial charge in [0, 0.05) is 77.9 Å². The van der Waals surface area contributed by atoms with E-state index in [0.29, 0.717) is 11.3 Å². The highest BCUT2D eigenvalue weighted by molar-refractivity contribution is 7.00. The minimum Gasteiger partial charge on any atom is -0.310 e. The minimum atomic E-state index is -0.457. The van der Waals surface area contributed by atoms with E-state index in [1.807, 2.05) is 24.3 Å². The van der Waals surface area contributed by atoms with Crippen molar-refractivity contribution >= 4 is 107 Å². The molecule has 145 heavy (non-hydrogen) atoms. The fourth-order valence-corrected chi connectivity index (χ4v) is 22.4. The normalized spacial score (nSPS) is 12.5. The highest BCUT2D eigenvalue weighted by Crippen LogP contribution is 2.58. The van der Waals surface area contributed by atoms with Gasteiger partial charge in [-0.25, -0.2) is 4.85 Å². The molecule has 0 amide bonds. The van der Waals surface area contributed by atoms with E-state index in [1.165, 1.54) is 43.8 Å². The van der Waals surface area contributed by atoms with E-state index < -0.39 is 6.71 Å². The van der Waals surface area contributed by atoms with Crippen molar-refractivity contribution in [2.75, 3.05) is 9.80 Å². The molecule has 694 valence electrons. The first-order valence-electron chi connectivity index (χ1n) is 50.6. The fraction of sp³-hybridized carbons (Fsp3) is 0.116. The first-order chi connectivity index (χ1) is 70.3. The van der Waals surface area contributed by atoms with E-state index in [2.05, 4.69) is 532 Å². The summed E-state index contributed by atoms with van der Waals surface area (Å²) in [5.41, 5.74) is 44.5. The van der Waals surface area contributed by atoms with Crippen LogP contribution in [0.1, 0.15) is 111 Å². The van der Waals surface area contributed by atoms with Gasteiger partial charge in [-0.05, 0) is 306 Å². The lowest BCUT2D eigenvalue weighted by Crippen LogP contribution is -2.61. The molecule has 0 unspecified atom stereocenters. The van der Waals surface area contributed by atoms with Crippen LogP contribution in [0.2, 0.25) is 0 Å². The third-order valence-corrected chi connectivity index (χ3v) is 30.1. The van der Waals surface area contributed by atoms with Gasteiger partial charge < -0.3 is 18.9 Å². The average molecular weight is 1860 g/mol. The van der Waals surface area contributed by atoms with E-state index in [9.17, 15) is 5.26 Å². The quantitative estimate of drug-likeness (QED) is 0.0759. The molecule has 22 aromatic rings. The van der Waals surface area contributed by atoms with Crippen LogP contribution in [0.15, 0.2) is 443 Å². The van der Waals surface area contributed by atoms with Crippen molar-refractivity contribution in [2.45, 2.75) is 105 Å². The summed E-state index contributed by atoms with van der Waals surface area (Å²) >= 11 is 0. The van der Waals surface area contributed by atoms with Gasteiger partial charge in [0.2, 0.25) is 0 Å². The van der Waals surface area contributed by atoms with Crippen LogP contribution in [0.25, 0.3) is 182 Å². The molecular weight excluding hydrogens is 1750 g/mol. The molecule has 0 bridgehead atoms. The number of anilines is 6. The summed E-state index contributed by atoms with van der Waals surface area (Å²) in [6, 6.07) is 169. The van der Waals surface area contributed by atoms with E-state index in [0.717, 1.165) is 206 Å². The molecule has 4 heterocycles. The van der Waals surface area contributed by atoms with Crippen molar-refractivity contribution in [3.05, 3.63) is 482 Å². The lowest BCUT2D eigenvalue weighted by molar-refractivity contribution is 0.590. The Hall–Kier alpha value is -17.4. The largest absolute Gasteiger partial charge is 0.310 e. The summed E-state index contributed by atoms with van der Waals surface area (Å²) in [5, 5.41) is 15.5. The van der Waals surface area contributed by atoms with Gasteiger partial charge in [0.05, 0.1) is 51.6 Å². The van der Waals surface area contributed by atoms with Crippen molar-refractivity contribution in [1.82, 2.24) is 9.13 Å². The van der Waals surface area contributed by atoms with Crippen LogP contribution in [0.4, 0.5) is 39.8 Å². The molecule has 0 N–H and O–H groups in total. The first-order valence-corrected chi connectivity index (χ1v) is 50.6.